The molecule has 8 nitrogen and oxygen atoms in total. The normalized spacial score (nSPS) is 19.2. The van der Waals surface area contributed by atoms with E-state index in [4.69, 9.17) is 15.5 Å². The minimum Gasteiger partial charge on any atom is -0.489 e. The second-order valence-electron chi connectivity index (χ2n) is 10.5. The van der Waals surface area contributed by atoms with Crippen molar-refractivity contribution in [3.8, 4) is 5.75 Å². The summed E-state index contributed by atoms with van der Waals surface area (Å²) in [5, 5.41) is 3.88. The lowest BCUT2D eigenvalue weighted by atomic mass is 10.0. The van der Waals surface area contributed by atoms with Crippen molar-refractivity contribution in [2.45, 2.75) is 25.4 Å². The number of fused-ring (bicyclic) bond motifs is 2. The number of carbonyl (C=O) groups is 1. The lowest BCUT2D eigenvalue weighted by Crippen LogP contribution is -2.45. The minimum absolute atomic E-state index is 0.0314. The zero-order valence-corrected chi connectivity index (χ0v) is 22.4. The highest BCUT2D eigenvalue weighted by molar-refractivity contribution is 5.99. The van der Waals surface area contributed by atoms with Gasteiger partial charge in [-0.3, -0.25) is 9.79 Å². The number of aromatic nitrogens is 1. The lowest BCUT2D eigenvalue weighted by Gasteiger charge is -2.32. The highest BCUT2D eigenvalue weighted by Gasteiger charge is 2.27. The molecule has 208 valence electrons. The van der Waals surface area contributed by atoms with E-state index >= 15 is 0 Å². The Balaban J connectivity index is 1.41. The number of hydrogen-bond acceptors (Lipinski definition) is 6. The molecule has 1 unspecified atom stereocenters. The van der Waals surface area contributed by atoms with Crippen LogP contribution in [0.2, 0.25) is 0 Å². The van der Waals surface area contributed by atoms with Crippen LogP contribution in [0, 0.1) is 5.82 Å². The average Bonchev–Trinajstić information content (AvgIpc) is 3.28. The number of dihydropyridines is 1. The number of nitrogens with zero attached hydrogens (tertiary/aromatic N) is 4. The Morgan fingerprint density at radius 1 is 1.23 bits per heavy atom. The predicted molar refractivity (Wildman–Crippen MR) is 153 cm³/mol. The van der Waals surface area contributed by atoms with Crippen molar-refractivity contribution in [3.05, 3.63) is 77.1 Å². The highest BCUT2D eigenvalue weighted by atomic mass is 19.1. The molecule has 2 aromatic carbocycles. The lowest BCUT2D eigenvalue weighted by molar-refractivity contribution is 0.0708. The van der Waals surface area contributed by atoms with Gasteiger partial charge in [0.15, 0.2) is 0 Å². The molecule has 3 aliphatic rings. The fourth-order valence-electron chi connectivity index (χ4n) is 5.58. The van der Waals surface area contributed by atoms with Crippen LogP contribution in [-0.2, 0) is 6.54 Å². The number of piperidine rings is 1. The standard InChI is InChI=1S/C30H32F2N6O2/c1-36-10-11-40-28-14-20(30(39)37-9-3-4-22(33)17-37)13-25(29(28)36)35-16-23-12-19-6-7-21(31)15-27(19)38(23)18-26-24(32)5-2-8-34-26/h2,5-7,12-16,22,34H,3-4,8-11,17-18,33H2,1H3. The molecule has 3 aromatic rings. The fraction of sp³-hybridized carbons (Fsp3) is 0.333. The molecular formula is C30H32F2N6O2. The van der Waals surface area contributed by atoms with Crippen LogP contribution in [0.25, 0.3) is 10.9 Å². The number of aliphatic imine (C=N–C) groups is 1. The van der Waals surface area contributed by atoms with E-state index in [2.05, 4.69) is 10.2 Å². The summed E-state index contributed by atoms with van der Waals surface area (Å²) in [6, 6.07) is 9.97. The van der Waals surface area contributed by atoms with Crippen molar-refractivity contribution in [3.63, 3.8) is 0 Å². The minimum atomic E-state index is -0.377. The number of rotatable bonds is 5. The zero-order chi connectivity index (χ0) is 27.8. The molecule has 1 atom stereocenters. The predicted octanol–water partition coefficient (Wildman–Crippen LogP) is 4.26. The molecule has 1 fully saturated rings. The topological polar surface area (TPSA) is 88.1 Å². The van der Waals surface area contributed by atoms with E-state index < -0.39 is 0 Å². The molecular weight excluding hydrogens is 514 g/mol. The molecule has 0 spiro atoms. The third-order valence-electron chi connectivity index (χ3n) is 7.65. The number of carbonyl (C=O) groups excluding carboxylic acids is 1. The number of ether oxygens (including phenoxy) is 1. The van der Waals surface area contributed by atoms with Crippen LogP contribution >= 0.6 is 0 Å². The van der Waals surface area contributed by atoms with Crippen molar-refractivity contribution in [1.29, 1.82) is 0 Å². The van der Waals surface area contributed by atoms with Crippen LogP contribution in [0.1, 0.15) is 28.9 Å². The Labute approximate surface area is 231 Å². The van der Waals surface area contributed by atoms with Crippen LogP contribution in [0.15, 0.2) is 65.1 Å². The van der Waals surface area contributed by atoms with Gasteiger partial charge in [0.2, 0.25) is 0 Å². The van der Waals surface area contributed by atoms with Gasteiger partial charge in [-0.1, -0.05) is 6.08 Å². The fourth-order valence-corrected chi connectivity index (χ4v) is 5.58. The third kappa shape index (κ3) is 5.06. The number of nitrogens with two attached hydrogens (primary N) is 1. The van der Waals surface area contributed by atoms with Gasteiger partial charge in [0.25, 0.3) is 5.91 Å². The molecule has 1 aromatic heterocycles. The van der Waals surface area contributed by atoms with Crippen LogP contribution in [0.3, 0.4) is 0 Å². The highest BCUT2D eigenvalue weighted by Crippen LogP contribution is 2.41. The first-order valence-corrected chi connectivity index (χ1v) is 13.6. The van der Waals surface area contributed by atoms with Gasteiger partial charge in [0, 0.05) is 43.7 Å². The van der Waals surface area contributed by atoms with Crippen molar-refractivity contribution >= 4 is 34.4 Å². The van der Waals surface area contributed by atoms with E-state index in [1.54, 1.807) is 35.4 Å². The molecule has 6 rings (SSSR count). The number of benzene rings is 2. The van der Waals surface area contributed by atoms with E-state index in [9.17, 15) is 13.6 Å². The molecule has 4 heterocycles. The van der Waals surface area contributed by atoms with E-state index in [-0.39, 0.29) is 30.1 Å². The van der Waals surface area contributed by atoms with E-state index in [0.717, 1.165) is 23.9 Å². The van der Waals surface area contributed by atoms with E-state index in [1.807, 2.05) is 17.7 Å². The molecule has 1 amide bonds. The number of nitrogens with one attached hydrogen (secondary N) is 1. The maximum atomic E-state index is 14.6. The first-order chi connectivity index (χ1) is 19.4. The molecule has 0 saturated carbocycles. The molecule has 1 saturated heterocycles. The Hall–Kier alpha value is -4.18. The molecule has 0 radical (unpaired) electrons. The number of allylic oxidation sites excluding steroid dienone is 3. The summed E-state index contributed by atoms with van der Waals surface area (Å²) >= 11 is 0. The average molecular weight is 547 g/mol. The molecule has 3 aliphatic heterocycles. The first kappa shape index (κ1) is 26.1. The largest absolute Gasteiger partial charge is 0.489 e. The summed E-state index contributed by atoms with van der Waals surface area (Å²) in [5.41, 5.74) is 9.71. The van der Waals surface area contributed by atoms with Gasteiger partial charge in [-0.2, -0.15) is 0 Å². The van der Waals surface area contributed by atoms with Crippen LogP contribution < -0.4 is 20.7 Å². The Morgan fingerprint density at radius 3 is 2.92 bits per heavy atom. The number of amides is 1. The number of halogens is 2. The smallest absolute Gasteiger partial charge is 0.254 e. The van der Waals surface area contributed by atoms with Gasteiger partial charge in [-0.15, -0.1) is 0 Å². The SMILES string of the molecule is CN1CCOc2cc(C(=O)N3CCCC(N)C3)cc(N=Cc3cc4ccc(F)cc4n3CC3=C(F)C=CCN3)c21. The maximum absolute atomic E-state index is 14.6. The number of likely N-dealkylation sites (tertiary alicyclic amines) is 1. The summed E-state index contributed by atoms with van der Waals surface area (Å²) in [5.74, 6) is -0.239. The van der Waals surface area contributed by atoms with Crippen molar-refractivity contribution in [2.75, 3.05) is 44.7 Å². The van der Waals surface area contributed by atoms with Gasteiger partial charge in [0.05, 0.1) is 41.9 Å². The van der Waals surface area contributed by atoms with Crippen LogP contribution in [0.4, 0.5) is 20.2 Å². The molecule has 10 heteroatoms. The van der Waals surface area contributed by atoms with Gasteiger partial charge in [-0.25, -0.2) is 8.78 Å². The molecule has 40 heavy (non-hydrogen) atoms. The van der Waals surface area contributed by atoms with Crippen molar-refractivity contribution < 1.29 is 18.3 Å². The van der Waals surface area contributed by atoms with Crippen LogP contribution in [0.5, 0.6) is 5.75 Å². The van der Waals surface area contributed by atoms with Gasteiger partial charge >= 0.3 is 0 Å². The number of hydrogen-bond donors (Lipinski definition) is 2. The summed E-state index contributed by atoms with van der Waals surface area (Å²) in [6.07, 6.45) is 6.60. The first-order valence-electron chi connectivity index (χ1n) is 13.6. The van der Waals surface area contributed by atoms with Gasteiger partial charge < -0.3 is 30.2 Å². The number of anilines is 1. The molecule has 3 N–H and O–H groups in total. The molecule has 0 aliphatic carbocycles. The Morgan fingerprint density at radius 2 is 2.10 bits per heavy atom. The second kappa shape index (κ2) is 10.8. The Kier molecular flexibility index (Phi) is 7.02. The monoisotopic (exact) mass is 546 g/mol. The van der Waals surface area contributed by atoms with E-state index in [0.29, 0.717) is 66.7 Å². The number of likely N-dealkylation sites (N-methyl/N-ethyl adjacent to an activating group) is 1. The third-order valence-corrected chi connectivity index (χ3v) is 7.65. The summed E-state index contributed by atoms with van der Waals surface area (Å²) in [4.78, 5) is 22.1. The summed E-state index contributed by atoms with van der Waals surface area (Å²) in [6.45, 7) is 3.05. The van der Waals surface area contributed by atoms with Gasteiger partial charge in [0.1, 0.15) is 29.7 Å². The van der Waals surface area contributed by atoms with Crippen molar-refractivity contribution in [2.24, 2.45) is 10.7 Å². The molecule has 0 bridgehead atoms. The quantitative estimate of drug-likeness (QED) is 0.467. The summed E-state index contributed by atoms with van der Waals surface area (Å²) < 4.78 is 36.6. The second-order valence-corrected chi connectivity index (χ2v) is 10.5. The van der Waals surface area contributed by atoms with Crippen molar-refractivity contribution in [1.82, 2.24) is 14.8 Å². The maximum Gasteiger partial charge on any atom is 0.254 e. The zero-order valence-electron chi connectivity index (χ0n) is 22.4. The van der Waals surface area contributed by atoms with Crippen LogP contribution in [-0.4, -0.2) is 67.5 Å². The van der Waals surface area contributed by atoms with Gasteiger partial charge in [-0.05, 0) is 55.3 Å². The summed E-state index contributed by atoms with van der Waals surface area (Å²) in [7, 11) is 1.96. The van der Waals surface area contributed by atoms with E-state index in [1.165, 1.54) is 18.2 Å². The Bertz CT molecular complexity index is 1560.